The number of aliphatic hydroxyl groups excluding tert-OH is 2. The molecule has 0 aromatic carbocycles. The topological polar surface area (TPSA) is 94.9 Å². The lowest BCUT2D eigenvalue weighted by atomic mass is 10.2. The van der Waals surface area contributed by atoms with E-state index in [1.165, 1.54) is 0 Å². The lowest BCUT2D eigenvalue weighted by molar-refractivity contribution is -0.122. The van der Waals surface area contributed by atoms with Crippen LogP contribution in [-0.4, -0.2) is 66.7 Å². The van der Waals surface area contributed by atoms with Crippen LogP contribution in [-0.2, 0) is 14.6 Å². The Hall–Kier alpha value is -0.660. The first-order valence-corrected chi connectivity index (χ1v) is 6.02. The van der Waals surface area contributed by atoms with Gasteiger partial charge in [-0.2, -0.15) is 0 Å². The maximum atomic E-state index is 11.1. The van der Waals surface area contributed by atoms with Crippen LogP contribution in [0, 0.1) is 0 Å². The standard InChI is InChI=1S/C7H13NO5S/c9-2-1-8(5-10)6-3-14(12,13)4-7(6)11/h5-7,9,11H,1-4H2. The number of rotatable bonds is 4. The molecule has 1 aliphatic heterocycles. The molecule has 0 aliphatic carbocycles. The van der Waals surface area contributed by atoms with E-state index >= 15 is 0 Å². The van der Waals surface area contributed by atoms with E-state index in [-0.39, 0.29) is 24.7 Å². The summed E-state index contributed by atoms with van der Waals surface area (Å²) in [6.45, 7) is -0.206. The number of aliphatic hydroxyl groups is 2. The Labute approximate surface area is 82.1 Å². The first-order chi connectivity index (χ1) is 6.50. The zero-order chi connectivity index (χ0) is 10.8. The molecule has 1 rings (SSSR count). The predicted octanol–water partition coefficient (Wildman–Crippen LogP) is -2.40. The molecule has 0 spiro atoms. The van der Waals surface area contributed by atoms with Crippen LogP contribution >= 0.6 is 0 Å². The minimum absolute atomic E-state index is 0.0424. The molecule has 2 N–H and O–H groups in total. The lowest BCUT2D eigenvalue weighted by Gasteiger charge is -2.25. The van der Waals surface area contributed by atoms with Gasteiger partial charge in [-0.05, 0) is 0 Å². The summed E-state index contributed by atoms with van der Waals surface area (Å²) in [5.74, 6) is -0.541. The van der Waals surface area contributed by atoms with Crippen LogP contribution in [0.1, 0.15) is 0 Å². The van der Waals surface area contributed by atoms with Crippen molar-refractivity contribution in [2.45, 2.75) is 12.1 Å². The van der Waals surface area contributed by atoms with Crippen LogP contribution in [0.5, 0.6) is 0 Å². The molecule has 82 valence electrons. The van der Waals surface area contributed by atoms with Crippen molar-refractivity contribution in [2.24, 2.45) is 0 Å². The highest BCUT2D eigenvalue weighted by atomic mass is 32.2. The normalized spacial score (nSPS) is 30.1. The second-order valence-electron chi connectivity index (χ2n) is 3.28. The van der Waals surface area contributed by atoms with Crippen molar-refractivity contribution in [1.29, 1.82) is 0 Å². The second-order valence-corrected chi connectivity index (χ2v) is 5.43. The summed E-state index contributed by atoms with van der Waals surface area (Å²) in [4.78, 5) is 11.7. The molecule has 2 atom stereocenters. The minimum atomic E-state index is -3.25. The fourth-order valence-electron chi connectivity index (χ4n) is 1.54. The molecule has 14 heavy (non-hydrogen) atoms. The third kappa shape index (κ3) is 2.43. The summed E-state index contributed by atoms with van der Waals surface area (Å²) in [7, 11) is -3.25. The third-order valence-corrected chi connectivity index (χ3v) is 3.91. The predicted molar refractivity (Wildman–Crippen MR) is 48.3 cm³/mol. The molecule has 0 bridgehead atoms. The van der Waals surface area contributed by atoms with Gasteiger partial charge in [0.2, 0.25) is 6.41 Å². The Bertz CT molecular complexity index is 301. The summed E-state index contributed by atoms with van der Waals surface area (Å²) in [6, 6.07) is -0.718. The van der Waals surface area contributed by atoms with Crippen molar-refractivity contribution in [3.05, 3.63) is 0 Å². The van der Waals surface area contributed by atoms with E-state index in [9.17, 15) is 18.3 Å². The van der Waals surface area contributed by atoms with Crippen LogP contribution in [0.25, 0.3) is 0 Å². The average Bonchev–Trinajstić information content (AvgIpc) is 2.35. The van der Waals surface area contributed by atoms with Crippen molar-refractivity contribution in [3.8, 4) is 0 Å². The summed E-state index contributed by atoms with van der Waals surface area (Å²) in [5, 5.41) is 18.0. The largest absolute Gasteiger partial charge is 0.395 e. The highest BCUT2D eigenvalue weighted by Gasteiger charge is 2.39. The van der Waals surface area contributed by atoms with Gasteiger partial charge in [0.1, 0.15) is 0 Å². The summed E-state index contributed by atoms with van der Waals surface area (Å²) < 4.78 is 22.2. The van der Waals surface area contributed by atoms with Crippen LogP contribution in [0.2, 0.25) is 0 Å². The van der Waals surface area contributed by atoms with E-state index in [1.54, 1.807) is 0 Å². The van der Waals surface area contributed by atoms with Gasteiger partial charge in [0.25, 0.3) is 0 Å². The quantitative estimate of drug-likeness (QED) is 0.518. The van der Waals surface area contributed by atoms with Gasteiger partial charge in [0.15, 0.2) is 9.84 Å². The first kappa shape index (κ1) is 11.4. The average molecular weight is 223 g/mol. The van der Waals surface area contributed by atoms with E-state index in [4.69, 9.17) is 5.11 Å². The second kappa shape index (κ2) is 4.24. The molecule has 1 saturated heterocycles. The Balaban J connectivity index is 2.72. The Morgan fingerprint density at radius 1 is 1.43 bits per heavy atom. The lowest BCUT2D eigenvalue weighted by Crippen LogP contribution is -2.43. The smallest absolute Gasteiger partial charge is 0.210 e. The highest BCUT2D eigenvalue weighted by molar-refractivity contribution is 7.91. The molecule has 0 aromatic heterocycles. The number of carbonyl (C=O) groups is 1. The summed E-state index contributed by atoms with van der Waals surface area (Å²) in [6.07, 6.45) is -0.595. The van der Waals surface area contributed by atoms with Crippen LogP contribution < -0.4 is 0 Å². The van der Waals surface area contributed by atoms with Gasteiger partial charge in [0, 0.05) is 6.54 Å². The fraction of sp³-hybridized carbons (Fsp3) is 0.857. The van der Waals surface area contributed by atoms with Crippen molar-refractivity contribution in [2.75, 3.05) is 24.7 Å². The molecule has 1 heterocycles. The number of hydrogen-bond acceptors (Lipinski definition) is 5. The molecule has 7 heteroatoms. The Morgan fingerprint density at radius 2 is 2.07 bits per heavy atom. The maximum Gasteiger partial charge on any atom is 0.210 e. The molecular formula is C7H13NO5S. The SMILES string of the molecule is O=CN(CCO)C1CS(=O)(=O)CC1O. The molecular weight excluding hydrogens is 210 g/mol. The van der Waals surface area contributed by atoms with E-state index in [0.29, 0.717) is 6.41 Å². The van der Waals surface area contributed by atoms with Crippen LogP contribution in [0.15, 0.2) is 0 Å². The molecule has 1 amide bonds. The fourth-order valence-corrected chi connectivity index (χ4v) is 3.35. The van der Waals surface area contributed by atoms with E-state index in [1.807, 2.05) is 0 Å². The third-order valence-electron chi connectivity index (χ3n) is 2.21. The number of nitrogens with zero attached hydrogens (tertiary/aromatic N) is 1. The molecule has 1 fully saturated rings. The number of hydrogen-bond donors (Lipinski definition) is 2. The van der Waals surface area contributed by atoms with Crippen LogP contribution in [0.4, 0.5) is 0 Å². The highest BCUT2D eigenvalue weighted by Crippen LogP contribution is 2.17. The van der Waals surface area contributed by atoms with E-state index in [2.05, 4.69) is 0 Å². The Morgan fingerprint density at radius 3 is 2.43 bits per heavy atom. The maximum absolute atomic E-state index is 11.1. The van der Waals surface area contributed by atoms with E-state index in [0.717, 1.165) is 4.90 Å². The van der Waals surface area contributed by atoms with Gasteiger partial charge in [-0.3, -0.25) is 4.79 Å². The number of amides is 1. The van der Waals surface area contributed by atoms with Gasteiger partial charge in [-0.1, -0.05) is 0 Å². The summed E-state index contributed by atoms with van der Waals surface area (Å²) >= 11 is 0. The van der Waals surface area contributed by atoms with Crippen molar-refractivity contribution in [1.82, 2.24) is 4.90 Å². The van der Waals surface area contributed by atoms with Crippen LogP contribution in [0.3, 0.4) is 0 Å². The van der Waals surface area contributed by atoms with Crippen molar-refractivity contribution in [3.63, 3.8) is 0 Å². The summed E-state index contributed by atoms with van der Waals surface area (Å²) in [5.41, 5.74) is 0. The molecule has 0 saturated carbocycles. The van der Waals surface area contributed by atoms with Gasteiger partial charge >= 0.3 is 0 Å². The Kier molecular flexibility index (Phi) is 3.46. The van der Waals surface area contributed by atoms with Gasteiger partial charge in [0.05, 0.1) is 30.3 Å². The van der Waals surface area contributed by atoms with Gasteiger partial charge in [-0.25, -0.2) is 8.42 Å². The molecule has 6 nitrogen and oxygen atoms in total. The van der Waals surface area contributed by atoms with Gasteiger partial charge < -0.3 is 15.1 Å². The zero-order valence-corrected chi connectivity index (χ0v) is 8.35. The van der Waals surface area contributed by atoms with Crippen molar-refractivity contribution < 1.29 is 23.4 Å². The number of carbonyl (C=O) groups excluding carboxylic acids is 1. The first-order valence-electron chi connectivity index (χ1n) is 4.20. The van der Waals surface area contributed by atoms with E-state index < -0.39 is 22.0 Å². The minimum Gasteiger partial charge on any atom is -0.395 e. The van der Waals surface area contributed by atoms with Crippen molar-refractivity contribution >= 4 is 16.2 Å². The zero-order valence-electron chi connectivity index (χ0n) is 7.54. The molecule has 0 radical (unpaired) electrons. The molecule has 1 aliphatic rings. The molecule has 0 aromatic rings. The monoisotopic (exact) mass is 223 g/mol. The molecule has 2 unspecified atom stereocenters. The van der Waals surface area contributed by atoms with Gasteiger partial charge in [-0.15, -0.1) is 0 Å². The number of sulfone groups is 1.